The fourth-order valence-electron chi connectivity index (χ4n) is 5.31. The maximum Gasteiger partial charge on any atom is 0.257 e. The summed E-state index contributed by atoms with van der Waals surface area (Å²) in [5.41, 5.74) is 3.04. The van der Waals surface area contributed by atoms with Gasteiger partial charge in [-0.25, -0.2) is 4.98 Å². The van der Waals surface area contributed by atoms with Crippen LogP contribution >= 0.6 is 0 Å². The number of piperidine rings is 1. The van der Waals surface area contributed by atoms with Gasteiger partial charge >= 0.3 is 0 Å². The van der Waals surface area contributed by atoms with E-state index >= 15 is 0 Å². The van der Waals surface area contributed by atoms with Crippen LogP contribution in [0.4, 0.5) is 0 Å². The summed E-state index contributed by atoms with van der Waals surface area (Å²) in [4.78, 5) is 22.9. The van der Waals surface area contributed by atoms with E-state index in [1.54, 1.807) is 18.6 Å². The SMILES string of the molecule is Cc1nc2c(n1C(C)C)CN(C(=O)c1ccoc1)CC21CCN(CC(C)C)CC1. The number of nitrogens with zero attached hydrogens (tertiary/aromatic N) is 4. The summed E-state index contributed by atoms with van der Waals surface area (Å²) in [7, 11) is 0. The quantitative estimate of drug-likeness (QED) is 0.781. The lowest BCUT2D eigenvalue weighted by molar-refractivity contribution is 0.0551. The highest BCUT2D eigenvalue weighted by molar-refractivity contribution is 5.94. The number of carbonyl (C=O) groups is 1. The molecule has 0 bridgehead atoms. The second-order valence-electron chi connectivity index (χ2n) is 9.57. The minimum absolute atomic E-state index is 0.0502. The average molecular weight is 399 g/mol. The van der Waals surface area contributed by atoms with E-state index in [4.69, 9.17) is 9.40 Å². The van der Waals surface area contributed by atoms with Gasteiger partial charge in [-0.1, -0.05) is 13.8 Å². The molecule has 1 fully saturated rings. The van der Waals surface area contributed by atoms with Gasteiger partial charge in [0, 0.05) is 24.5 Å². The van der Waals surface area contributed by atoms with E-state index in [0.717, 1.165) is 44.8 Å². The number of fused-ring (bicyclic) bond motifs is 2. The molecule has 2 aliphatic rings. The Morgan fingerprint density at radius 3 is 2.55 bits per heavy atom. The number of furan rings is 1. The maximum atomic E-state index is 13.2. The minimum atomic E-state index is -0.0502. The zero-order chi connectivity index (χ0) is 20.8. The van der Waals surface area contributed by atoms with Gasteiger partial charge in [-0.3, -0.25) is 4.79 Å². The van der Waals surface area contributed by atoms with Gasteiger partial charge in [0.2, 0.25) is 0 Å². The summed E-state index contributed by atoms with van der Waals surface area (Å²) in [6.45, 7) is 15.7. The Kier molecular flexibility index (Phi) is 5.32. The molecule has 4 rings (SSSR count). The average Bonchev–Trinajstić information content (AvgIpc) is 3.30. The number of aromatic nitrogens is 2. The van der Waals surface area contributed by atoms with Crippen molar-refractivity contribution in [1.82, 2.24) is 19.4 Å². The van der Waals surface area contributed by atoms with Crippen molar-refractivity contribution in [2.24, 2.45) is 5.92 Å². The molecule has 0 atom stereocenters. The van der Waals surface area contributed by atoms with Crippen molar-refractivity contribution in [3.8, 4) is 0 Å². The second kappa shape index (κ2) is 7.63. The Bertz CT molecular complexity index is 858. The van der Waals surface area contributed by atoms with Crippen molar-refractivity contribution in [2.75, 3.05) is 26.2 Å². The molecule has 158 valence electrons. The molecule has 1 saturated heterocycles. The Labute approximate surface area is 173 Å². The van der Waals surface area contributed by atoms with Crippen LogP contribution in [0.5, 0.6) is 0 Å². The number of amides is 1. The van der Waals surface area contributed by atoms with E-state index < -0.39 is 0 Å². The molecular weight excluding hydrogens is 364 g/mol. The summed E-state index contributed by atoms with van der Waals surface area (Å²) < 4.78 is 7.50. The molecule has 2 aliphatic heterocycles. The van der Waals surface area contributed by atoms with Gasteiger partial charge in [0.25, 0.3) is 5.91 Å². The lowest BCUT2D eigenvalue weighted by Crippen LogP contribution is -2.54. The van der Waals surface area contributed by atoms with Crippen LogP contribution in [0.15, 0.2) is 23.0 Å². The summed E-state index contributed by atoms with van der Waals surface area (Å²) in [6.07, 6.45) is 5.24. The third-order valence-electron chi connectivity index (χ3n) is 6.53. The van der Waals surface area contributed by atoms with Gasteiger partial charge in [-0.2, -0.15) is 0 Å². The Balaban J connectivity index is 1.69. The van der Waals surface area contributed by atoms with Crippen molar-refractivity contribution in [1.29, 1.82) is 0 Å². The molecule has 1 spiro atoms. The number of rotatable bonds is 4. The first-order chi connectivity index (χ1) is 13.8. The molecule has 0 unspecified atom stereocenters. The molecule has 6 heteroatoms. The topological polar surface area (TPSA) is 54.5 Å². The van der Waals surface area contributed by atoms with E-state index in [9.17, 15) is 4.79 Å². The molecule has 2 aromatic rings. The third kappa shape index (κ3) is 3.63. The van der Waals surface area contributed by atoms with Gasteiger partial charge in [-0.15, -0.1) is 0 Å². The molecule has 29 heavy (non-hydrogen) atoms. The van der Waals surface area contributed by atoms with Crippen LogP contribution in [0.3, 0.4) is 0 Å². The van der Waals surface area contributed by atoms with Gasteiger partial charge in [0.05, 0.1) is 29.8 Å². The lowest BCUT2D eigenvalue weighted by atomic mass is 9.72. The molecular formula is C23H34N4O2. The standard InChI is InChI=1S/C23H34N4O2/c1-16(2)12-25-9-7-23(8-10-25)15-26(22(28)19-6-11-29-14-19)13-20-21(23)24-18(5)27(20)17(3)4/h6,11,14,16-17H,7-10,12-13,15H2,1-5H3. The van der Waals surface area contributed by atoms with Crippen LogP contribution in [0.2, 0.25) is 0 Å². The molecule has 4 heterocycles. The number of aryl methyl sites for hydroxylation is 1. The van der Waals surface area contributed by atoms with Crippen LogP contribution in [0.25, 0.3) is 0 Å². The van der Waals surface area contributed by atoms with E-state index in [-0.39, 0.29) is 11.3 Å². The number of likely N-dealkylation sites (tertiary alicyclic amines) is 1. The van der Waals surface area contributed by atoms with Crippen LogP contribution in [0, 0.1) is 12.8 Å². The zero-order valence-electron chi connectivity index (χ0n) is 18.4. The zero-order valence-corrected chi connectivity index (χ0v) is 18.4. The fourth-order valence-corrected chi connectivity index (χ4v) is 5.31. The molecule has 0 saturated carbocycles. The monoisotopic (exact) mass is 398 g/mol. The van der Waals surface area contributed by atoms with Gasteiger partial charge in [-0.05, 0) is 58.7 Å². The highest BCUT2D eigenvalue weighted by atomic mass is 16.3. The Hall–Kier alpha value is -2.08. The highest BCUT2D eigenvalue weighted by Gasteiger charge is 2.46. The molecule has 0 N–H and O–H groups in total. The minimum Gasteiger partial charge on any atom is -0.472 e. The van der Waals surface area contributed by atoms with Gasteiger partial charge in [0.1, 0.15) is 12.1 Å². The summed E-state index contributed by atoms with van der Waals surface area (Å²) >= 11 is 0. The van der Waals surface area contributed by atoms with E-state index in [0.29, 0.717) is 24.1 Å². The summed E-state index contributed by atoms with van der Waals surface area (Å²) in [6, 6.07) is 2.09. The van der Waals surface area contributed by atoms with Gasteiger partial charge < -0.3 is 18.8 Å². The van der Waals surface area contributed by atoms with Crippen LogP contribution in [0.1, 0.15) is 74.1 Å². The predicted octanol–water partition coefficient (Wildman–Crippen LogP) is 4.01. The predicted molar refractivity (Wildman–Crippen MR) is 113 cm³/mol. The number of imidazole rings is 1. The number of hydrogen-bond acceptors (Lipinski definition) is 4. The van der Waals surface area contributed by atoms with Crippen molar-refractivity contribution in [2.45, 2.75) is 65.5 Å². The van der Waals surface area contributed by atoms with E-state index in [2.05, 4.69) is 44.1 Å². The molecule has 0 radical (unpaired) electrons. The van der Waals surface area contributed by atoms with Crippen LogP contribution in [-0.4, -0.2) is 51.4 Å². The van der Waals surface area contributed by atoms with Crippen molar-refractivity contribution in [3.05, 3.63) is 41.4 Å². The van der Waals surface area contributed by atoms with Crippen LogP contribution < -0.4 is 0 Å². The van der Waals surface area contributed by atoms with Crippen LogP contribution in [-0.2, 0) is 12.0 Å². The molecule has 0 aromatic carbocycles. The molecule has 6 nitrogen and oxygen atoms in total. The molecule has 0 aliphatic carbocycles. The van der Waals surface area contributed by atoms with Crippen molar-refractivity contribution < 1.29 is 9.21 Å². The van der Waals surface area contributed by atoms with E-state index in [1.165, 1.54) is 11.4 Å². The normalized spacial score (nSPS) is 19.3. The maximum absolute atomic E-state index is 13.2. The Morgan fingerprint density at radius 2 is 1.97 bits per heavy atom. The first kappa shape index (κ1) is 20.2. The number of carbonyl (C=O) groups excluding carboxylic acids is 1. The first-order valence-electron chi connectivity index (χ1n) is 10.9. The third-order valence-corrected chi connectivity index (χ3v) is 6.53. The number of hydrogen-bond donors (Lipinski definition) is 0. The largest absolute Gasteiger partial charge is 0.472 e. The fraction of sp³-hybridized carbons (Fsp3) is 0.652. The summed E-state index contributed by atoms with van der Waals surface area (Å²) in [5, 5.41) is 0. The van der Waals surface area contributed by atoms with Gasteiger partial charge in [0.15, 0.2) is 0 Å². The molecule has 1 amide bonds. The Morgan fingerprint density at radius 1 is 1.24 bits per heavy atom. The van der Waals surface area contributed by atoms with Crippen molar-refractivity contribution >= 4 is 5.91 Å². The second-order valence-corrected chi connectivity index (χ2v) is 9.57. The lowest BCUT2D eigenvalue weighted by Gasteiger charge is -2.47. The molecule has 2 aromatic heterocycles. The van der Waals surface area contributed by atoms with Crippen molar-refractivity contribution in [3.63, 3.8) is 0 Å². The van der Waals surface area contributed by atoms with E-state index in [1.807, 2.05) is 4.90 Å². The summed E-state index contributed by atoms with van der Waals surface area (Å²) in [5.74, 6) is 1.79. The highest BCUT2D eigenvalue weighted by Crippen LogP contribution is 2.42. The smallest absolute Gasteiger partial charge is 0.257 e. The first-order valence-corrected chi connectivity index (χ1v) is 10.9.